The second kappa shape index (κ2) is 5.63. The zero-order valence-electron chi connectivity index (χ0n) is 10.8. The lowest BCUT2D eigenvalue weighted by molar-refractivity contribution is 0.0959. The number of carbonyl (C=O) groups is 1. The van der Waals surface area contributed by atoms with Gasteiger partial charge in [0.2, 0.25) is 0 Å². The van der Waals surface area contributed by atoms with E-state index in [-0.39, 0.29) is 16.6 Å². The molecule has 1 amide bonds. The van der Waals surface area contributed by atoms with Crippen LogP contribution in [0.4, 0.5) is 5.82 Å². The molecule has 0 spiro atoms. The Morgan fingerprint density at radius 2 is 2.20 bits per heavy atom. The number of hydrogen-bond donors (Lipinski definition) is 2. The lowest BCUT2D eigenvalue weighted by Crippen LogP contribution is -2.21. The Bertz CT molecular complexity index is 718. The number of carbonyl (C=O) groups excluding carboxylic acids is 1. The minimum Gasteiger partial charge on any atom is -0.360 e. The highest BCUT2D eigenvalue weighted by molar-refractivity contribution is 7.92. The molecule has 0 aliphatic heterocycles. The number of nitrogens with one attached hydrogen (secondary N) is 2. The van der Waals surface area contributed by atoms with Gasteiger partial charge in [0.15, 0.2) is 5.82 Å². The molecule has 7 nitrogen and oxygen atoms in total. The molecule has 9 heteroatoms. The van der Waals surface area contributed by atoms with Crippen LogP contribution >= 0.6 is 11.3 Å². The molecule has 0 unspecified atom stereocenters. The summed E-state index contributed by atoms with van der Waals surface area (Å²) < 4.78 is 31.2. The van der Waals surface area contributed by atoms with Crippen molar-refractivity contribution in [1.29, 1.82) is 0 Å². The van der Waals surface area contributed by atoms with Gasteiger partial charge in [-0.25, -0.2) is 8.42 Å². The summed E-state index contributed by atoms with van der Waals surface area (Å²) in [6.45, 7) is 3.93. The molecule has 0 aliphatic rings. The van der Waals surface area contributed by atoms with E-state index < -0.39 is 10.0 Å². The van der Waals surface area contributed by atoms with Crippen molar-refractivity contribution in [3.05, 3.63) is 28.2 Å². The van der Waals surface area contributed by atoms with E-state index in [4.69, 9.17) is 4.52 Å². The minimum atomic E-state index is -3.77. The molecule has 0 aromatic carbocycles. The van der Waals surface area contributed by atoms with Gasteiger partial charge in [-0.05, 0) is 19.9 Å². The zero-order chi connectivity index (χ0) is 14.8. The average molecular weight is 315 g/mol. The van der Waals surface area contributed by atoms with Gasteiger partial charge >= 0.3 is 0 Å². The summed E-state index contributed by atoms with van der Waals surface area (Å²) in [5.41, 5.74) is 0. The zero-order valence-corrected chi connectivity index (χ0v) is 12.5. The molecule has 0 saturated carbocycles. The molecular weight excluding hydrogens is 302 g/mol. The lowest BCUT2D eigenvalue weighted by Gasteiger charge is -2.01. The Morgan fingerprint density at radius 3 is 2.80 bits per heavy atom. The number of rotatable bonds is 5. The fourth-order valence-corrected chi connectivity index (χ4v) is 3.61. The molecule has 2 heterocycles. The van der Waals surface area contributed by atoms with Crippen LogP contribution < -0.4 is 10.0 Å². The Hall–Kier alpha value is -1.87. The van der Waals surface area contributed by atoms with E-state index in [0.29, 0.717) is 17.2 Å². The maximum absolute atomic E-state index is 12.1. The second-order valence-electron chi connectivity index (χ2n) is 3.93. The van der Waals surface area contributed by atoms with Crippen LogP contribution in [0, 0.1) is 6.92 Å². The van der Waals surface area contributed by atoms with Crippen molar-refractivity contribution >= 4 is 33.1 Å². The maximum Gasteiger partial charge on any atom is 0.263 e. The highest BCUT2D eigenvalue weighted by Crippen LogP contribution is 2.21. The lowest BCUT2D eigenvalue weighted by atomic mass is 10.4. The van der Waals surface area contributed by atoms with Crippen molar-refractivity contribution in [3.8, 4) is 0 Å². The summed E-state index contributed by atoms with van der Waals surface area (Å²) in [6.07, 6.45) is 0. The number of thiophene rings is 1. The molecule has 20 heavy (non-hydrogen) atoms. The third kappa shape index (κ3) is 3.17. The number of aromatic nitrogens is 1. The van der Waals surface area contributed by atoms with Crippen LogP contribution in [0.25, 0.3) is 0 Å². The normalized spacial score (nSPS) is 11.3. The predicted octanol–water partition coefficient (Wildman–Crippen LogP) is 1.60. The number of sulfonamides is 1. The summed E-state index contributed by atoms with van der Waals surface area (Å²) in [6, 6.07) is 2.79. The highest BCUT2D eigenvalue weighted by Gasteiger charge is 2.20. The summed E-state index contributed by atoms with van der Waals surface area (Å²) >= 11 is 1.07. The summed E-state index contributed by atoms with van der Waals surface area (Å²) in [7, 11) is -3.77. The van der Waals surface area contributed by atoms with Crippen LogP contribution in [-0.4, -0.2) is 26.0 Å². The van der Waals surface area contributed by atoms with Crippen LogP contribution in [0.2, 0.25) is 0 Å². The first-order valence-corrected chi connectivity index (χ1v) is 8.11. The van der Waals surface area contributed by atoms with E-state index in [9.17, 15) is 13.2 Å². The Labute approximate surface area is 120 Å². The third-order valence-electron chi connectivity index (χ3n) is 2.31. The van der Waals surface area contributed by atoms with Gasteiger partial charge in [0.05, 0.1) is 9.77 Å². The van der Waals surface area contributed by atoms with Gasteiger partial charge in [0.25, 0.3) is 15.9 Å². The van der Waals surface area contributed by atoms with Gasteiger partial charge in [0.1, 0.15) is 5.76 Å². The van der Waals surface area contributed by atoms with Crippen molar-refractivity contribution in [2.45, 2.75) is 18.7 Å². The van der Waals surface area contributed by atoms with Crippen molar-refractivity contribution in [2.24, 2.45) is 0 Å². The smallest absolute Gasteiger partial charge is 0.263 e. The van der Waals surface area contributed by atoms with Gasteiger partial charge in [0, 0.05) is 18.0 Å². The quantitative estimate of drug-likeness (QED) is 0.872. The largest absolute Gasteiger partial charge is 0.360 e. The van der Waals surface area contributed by atoms with Crippen molar-refractivity contribution in [3.63, 3.8) is 0 Å². The van der Waals surface area contributed by atoms with Gasteiger partial charge in [-0.15, -0.1) is 11.3 Å². The molecule has 0 atom stereocenters. The van der Waals surface area contributed by atoms with E-state index >= 15 is 0 Å². The van der Waals surface area contributed by atoms with E-state index in [0.717, 1.165) is 11.3 Å². The number of aryl methyl sites for hydroxylation is 1. The van der Waals surface area contributed by atoms with Crippen LogP contribution in [0.15, 0.2) is 26.9 Å². The molecule has 0 aliphatic carbocycles. The van der Waals surface area contributed by atoms with Crippen molar-refractivity contribution < 1.29 is 17.7 Å². The number of amides is 1. The molecule has 2 N–H and O–H groups in total. The summed E-state index contributed by atoms with van der Waals surface area (Å²) in [5.74, 6) is 0.306. The predicted molar refractivity (Wildman–Crippen MR) is 74.4 cm³/mol. The number of nitrogens with zero attached hydrogens (tertiary/aromatic N) is 1. The van der Waals surface area contributed by atoms with Crippen molar-refractivity contribution in [2.75, 3.05) is 11.3 Å². The first-order valence-electron chi connectivity index (χ1n) is 5.75. The fourth-order valence-electron chi connectivity index (χ4n) is 1.44. The first-order chi connectivity index (χ1) is 9.42. The monoisotopic (exact) mass is 315 g/mol. The van der Waals surface area contributed by atoms with Gasteiger partial charge in [-0.2, -0.15) is 0 Å². The standard InChI is InChI=1S/C11H13N3O4S2/c1-3-12-11(15)9-5-8(6-19-9)20(16,17)14-10-4-7(2)18-13-10/h4-6H,3H2,1-2H3,(H,12,15)(H,13,14). The van der Waals surface area contributed by atoms with Gasteiger partial charge < -0.3 is 9.84 Å². The van der Waals surface area contributed by atoms with E-state index in [1.165, 1.54) is 17.5 Å². The Kier molecular flexibility index (Phi) is 4.09. The molecule has 2 aromatic rings. The van der Waals surface area contributed by atoms with Crippen LogP contribution in [-0.2, 0) is 10.0 Å². The minimum absolute atomic E-state index is 0.0180. The third-order valence-corrected chi connectivity index (χ3v) is 4.73. The van der Waals surface area contributed by atoms with E-state index in [1.807, 2.05) is 0 Å². The van der Waals surface area contributed by atoms with Crippen molar-refractivity contribution in [1.82, 2.24) is 10.5 Å². The number of hydrogen-bond acceptors (Lipinski definition) is 6. The average Bonchev–Trinajstić information content (AvgIpc) is 2.98. The second-order valence-corrected chi connectivity index (χ2v) is 6.53. The molecule has 2 aromatic heterocycles. The van der Waals surface area contributed by atoms with Crippen LogP contribution in [0.5, 0.6) is 0 Å². The molecule has 108 valence electrons. The molecule has 0 bridgehead atoms. The van der Waals surface area contributed by atoms with E-state index in [1.54, 1.807) is 13.8 Å². The number of anilines is 1. The van der Waals surface area contributed by atoms with Crippen LogP contribution in [0.1, 0.15) is 22.4 Å². The highest BCUT2D eigenvalue weighted by atomic mass is 32.2. The Morgan fingerprint density at radius 1 is 1.45 bits per heavy atom. The van der Waals surface area contributed by atoms with Gasteiger partial charge in [-0.1, -0.05) is 5.16 Å². The first kappa shape index (κ1) is 14.5. The Balaban J connectivity index is 2.20. The van der Waals surface area contributed by atoms with Gasteiger partial charge in [-0.3, -0.25) is 9.52 Å². The van der Waals surface area contributed by atoms with Crippen LogP contribution in [0.3, 0.4) is 0 Å². The molecular formula is C11H13N3O4S2. The molecule has 0 saturated heterocycles. The molecule has 2 rings (SSSR count). The molecule has 0 radical (unpaired) electrons. The molecule has 0 fully saturated rings. The SMILES string of the molecule is CCNC(=O)c1cc(S(=O)(=O)Nc2cc(C)on2)cs1. The summed E-state index contributed by atoms with van der Waals surface area (Å²) in [5, 5.41) is 7.57. The topological polar surface area (TPSA) is 101 Å². The summed E-state index contributed by atoms with van der Waals surface area (Å²) in [4.78, 5) is 12.0. The fraction of sp³-hybridized carbons (Fsp3) is 0.273. The maximum atomic E-state index is 12.1. The van der Waals surface area contributed by atoms with E-state index in [2.05, 4.69) is 15.2 Å².